The SMILES string of the molecule is CCC(=O)Nc1ccc(S(=O)(=O)Cl)cc1C. The van der Waals surface area contributed by atoms with Gasteiger partial charge < -0.3 is 5.32 Å². The van der Waals surface area contributed by atoms with Crippen LogP contribution >= 0.6 is 10.7 Å². The minimum Gasteiger partial charge on any atom is -0.326 e. The number of hydrogen-bond acceptors (Lipinski definition) is 3. The average Bonchev–Trinajstić information content (AvgIpc) is 2.19. The number of rotatable bonds is 3. The molecule has 0 aliphatic heterocycles. The van der Waals surface area contributed by atoms with Crippen molar-refractivity contribution in [3.05, 3.63) is 23.8 Å². The van der Waals surface area contributed by atoms with Crippen molar-refractivity contribution < 1.29 is 13.2 Å². The summed E-state index contributed by atoms with van der Waals surface area (Å²) in [7, 11) is 1.48. The predicted molar refractivity (Wildman–Crippen MR) is 63.1 cm³/mol. The Morgan fingerprint density at radius 1 is 1.44 bits per heavy atom. The Bertz CT molecular complexity index is 511. The summed E-state index contributed by atoms with van der Waals surface area (Å²) in [6, 6.07) is 4.31. The number of hydrogen-bond donors (Lipinski definition) is 1. The first kappa shape index (κ1) is 13.0. The number of nitrogens with one attached hydrogen (secondary N) is 1. The molecule has 1 aromatic carbocycles. The van der Waals surface area contributed by atoms with E-state index in [1.807, 2.05) is 0 Å². The summed E-state index contributed by atoms with van der Waals surface area (Å²) in [6.45, 7) is 3.44. The lowest BCUT2D eigenvalue weighted by molar-refractivity contribution is -0.115. The van der Waals surface area contributed by atoms with Crippen LogP contribution in [0.3, 0.4) is 0 Å². The quantitative estimate of drug-likeness (QED) is 0.849. The van der Waals surface area contributed by atoms with Crippen molar-refractivity contribution >= 4 is 31.3 Å². The Labute approximate surface area is 99.0 Å². The number of halogens is 1. The molecule has 0 saturated carbocycles. The molecule has 1 aromatic rings. The van der Waals surface area contributed by atoms with Gasteiger partial charge in [-0.25, -0.2) is 8.42 Å². The predicted octanol–water partition coefficient (Wildman–Crippen LogP) is 2.27. The van der Waals surface area contributed by atoms with Crippen LogP contribution in [0.4, 0.5) is 5.69 Å². The summed E-state index contributed by atoms with van der Waals surface area (Å²) in [4.78, 5) is 11.2. The molecule has 1 amide bonds. The molecule has 16 heavy (non-hydrogen) atoms. The lowest BCUT2D eigenvalue weighted by Gasteiger charge is -2.08. The standard InChI is InChI=1S/C10H12ClNO3S/c1-3-10(13)12-9-5-4-8(6-7(9)2)16(11,14)15/h4-6H,3H2,1-2H3,(H,12,13). The van der Waals surface area contributed by atoms with Gasteiger partial charge in [-0.15, -0.1) is 0 Å². The number of aryl methyl sites for hydroxylation is 1. The first-order valence-corrected chi connectivity index (χ1v) is 7.00. The molecule has 0 aliphatic rings. The zero-order valence-electron chi connectivity index (χ0n) is 8.95. The fourth-order valence-electron chi connectivity index (χ4n) is 1.17. The van der Waals surface area contributed by atoms with Gasteiger partial charge in [-0.2, -0.15) is 0 Å². The largest absolute Gasteiger partial charge is 0.326 e. The van der Waals surface area contributed by atoms with E-state index >= 15 is 0 Å². The van der Waals surface area contributed by atoms with E-state index in [9.17, 15) is 13.2 Å². The fourth-order valence-corrected chi connectivity index (χ4v) is 2.00. The maximum absolute atomic E-state index is 11.2. The summed E-state index contributed by atoms with van der Waals surface area (Å²) in [5.41, 5.74) is 1.25. The van der Waals surface area contributed by atoms with Crippen LogP contribution in [0.25, 0.3) is 0 Å². The molecule has 0 fully saturated rings. The second kappa shape index (κ2) is 4.84. The molecule has 4 nitrogen and oxygen atoms in total. The average molecular weight is 262 g/mol. The molecule has 0 aromatic heterocycles. The van der Waals surface area contributed by atoms with Gasteiger partial charge in [0.1, 0.15) is 0 Å². The Kier molecular flexibility index (Phi) is 3.93. The highest BCUT2D eigenvalue weighted by molar-refractivity contribution is 8.13. The molecule has 0 atom stereocenters. The van der Waals surface area contributed by atoms with E-state index in [-0.39, 0.29) is 10.8 Å². The van der Waals surface area contributed by atoms with E-state index in [1.54, 1.807) is 13.8 Å². The summed E-state index contributed by atoms with van der Waals surface area (Å²) in [5, 5.41) is 2.66. The van der Waals surface area contributed by atoms with E-state index in [4.69, 9.17) is 10.7 Å². The van der Waals surface area contributed by atoms with Gasteiger partial charge in [0.25, 0.3) is 9.05 Å². The van der Waals surface area contributed by atoms with Gasteiger partial charge in [-0.3, -0.25) is 4.79 Å². The maximum Gasteiger partial charge on any atom is 0.261 e. The molecule has 1 N–H and O–H groups in total. The Hall–Kier alpha value is -1.07. The molecular formula is C10H12ClNO3S. The van der Waals surface area contributed by atoms with E-state index < -0.39 is 9.05 Å². The highest BCUT2D eigenvalue weighted by atomic mass is 35.7. The Morgan fingerprint density at radius 2 is 2.06 bits per heavy atom. The van der Waals surface area contributed by atoms with Gasteiger partial charge in [0.15, 0.2) is 0 Å². The summed E-state index contributed by atoms with van der Waals surface area (Å²) < 4.78 is 22.1. The molecule has 0 heterocycles. The minimum atomic E-state index is -3.72. The van der Waals surface area contributed by atoms with Crippen LogP contribution < -0.4 is 5.32 Å². The van der Waals surface area contributed by atoms with Crippen LogP contribution in [0, 0.1) is 6.92 Å². The number of carbonyl (C=O) groups is 1. The molecule has 0 bridgehead atoms. The second-order valence-electron chi connectivity index (χ2n) is 3.32. The highest BCUT2D eigenvalue weighted by Gasteiger charge is 2.11. The third-order valence-corrected chi connectivity index (χ3v) is 3.43. The van der Waals surface area contributed by atoms with Crippen LogP contribution in [0.1, 0.15) is 18.9 Å². The second-order valence-corrected chi connectivity index (χ2v) is 5.88. The smallest absolute Gasteiger partial charge is 0.261 e. The van der Waals surface area contributed by atoms with Crippen molar-refractivity contribution in [2.75, 3.05) is 5.32 Å². The van der Waals surface area contributed by atoms with E-state index in [0.29, 0.717) is 17.7 Å². The first-order valence-electron chi connectivity index (χ1n) is 4.69. The topological polar surface area (TPSA) is 63.2 Å². The molecule has 0 spiro atoms. The van der Waals surface area contributed by atoms with Gasteiger partial charge in [-0.1, -0.05) is 6.92 Å². The normalized spacial score (nSPS) is 11.2. The van der Waals surface area contributed by atoms with Crippen molar-refractivity contribution in [3.8, 4) is 0 Å². The minimum absolute atomic E-state index is 0.0289. The van der Waals surface area contributed by atoms with Crippen molar-refractivity contribution in [1.29, 1.82) is 0 Å². The van der Waals surface area contributed by atoms with Gasteiger partial charge in [0, 0.05) is 22.8 Å². The first-order chi connectivity index (χ1) is 7.34. The zero-order valence-corrected chi connectivity index (χ0v) is 10.5. The van der Waals surface area contributed by atoms with E-state index in [1.165, 1.54) is 18.2 Å². The zero-order chi connectivity index (χ0) is 12.3. The summed E-state index contributed by atoms with van der Waals surface area (Å²) in [6.07, 6.45) is 0.370. The van der Waals surface area contributed by atoms with Gasteiger partial charge in [0.2, 0.25) is 5.91 Å². The number of amides is 1. The van der Waals surface area contributed by atoms with Crippen LogP contribution in [0.5, 0.6) is 0 Å². The monoisotopic (exact) mass is 261 g/mol. The Morgan fingerprint density at radius 3 is 2.50 bits per heavy atom. The van der Waals surface area contributed by atoms with Crippen LogP contribution in [-0.4, -0.2) is 14.3 Å². The van der Waals surface area contributed by atoms with E-state index in [0.717, 1.165) is 0 Å². The third kappa shape index (κ3) is 3.21. The van der Waals surface area contributed by atoms with E-state index in [2.05, 4.69) is 5.32 Å². The van der Waals surface area contributed by atoms with Crippen molar-refractivity contribution in [3.63, 3.8) is 0 Å². The number of anilines is 1. The summed E-state index contributed by atoms with van der Waals surface area (Å²) in [5.74, 6) is -0.121. The third-order valence-electron chi connectivity index (χ3n) is 2.07. The molecule has 0 unspecified atom stereocenters. The maximum atomic E-state index is 11.2. The van der Waals surface area contributed by atoms with Gasteiger partial charge in [-0.05, 0) is 30.7 Å². The van der Waals surface area contributed by atoms with Gasteiger partial charge >= 0.3 is 0 Å². The summed E-state index contributed by atoms with van der Waals surface area (Å²) >= 11 is 0. The van der Waals surface area contributed by atoms with Crippen LogP contribution in [0.15, 0.2) is 23.1 Å². The molecule has 0 radical (unpaired) electrons. The Balaban J connectivity index is 3.06. The van der Waals surface area contributed by atoms with Crippen LogP contribution in [-0.2, 0) is 13.8 Å². The molecular weight excluding hydrogens is 250 g/mol. The molecule has 0 aliphatic carbocycles. The lowest BCUT2D eigenvalue weighted by Crippen LogP contribution is -2.10. The fraction of sp³-hybridized carbons (Fsp3) is 0.300. The van der Waals surface area contributed by atoms with Crippen LogP contribution in [0.2, 0.25) is 0 Å². The lowest BCUT2D eigenvalue weighted by atomic mass is 10.2. The molecule has 6 heteroatoms. The van der Waals surface area contributed by atoms with Gasteiger partial charge in [0.05, 0.1) is 4.90 Å². The highest BCUT2D eigenvalue weighted by Crippen LogP contribution is 2.22. The molecule has 0 saturated heterocycles. The van der Waals surface area contributed by atoms with Crippen molar-refractivity contribution in [2.45, 2.75) is 25.2 Å². The van der Waals surface area contributed by atoms with Crippen molar-refractivity contribution in [2.24, 2.45) is 0 Å². The molecule has 88 valence electrons. The molecule has 1 rings (SSSR count). The number of carbonyl (C=O) groups excluding carboxylic acids is 1. The number of benzene rings is 1. The van der Waals surface area contributed by atoms with Crippen molar-refractivity contribution in [1.82, 2.24) is 0 Å².